The zero-order valence-electron chi connectivity index (χ0n) is 14.0. The first-order chi connectivity index (χ1) is 12.5. The van der Waals surface area contributed by atoms with Crippen molar-refractivity contribution in [1.29, 1.82) is 0 Å². The highest BCUT2D eigenvalue weighted by molar-refractivity contribution is 7.90. The molecule has 2 amide bonds. The molecular weight excluding hydrogens is 352 g/mol. The average Bonchev–Trinajstić information content (AvgIpc) is 3.07. The van der Waals surface area contributed by atoms with Crippen LogP contribution in [0.5, 0.6) is 0 Å². The maximum Gasteiger partial charge on any atom is 0.264 e. The molecule has 1 fully saturated rings. The van der Waals surface area contributed by atoms with Crippen LogP contribution < -0.4 is 9.62 Å². The average molecular weight is 370 g/mol. The van der Waals surface area contributed by atoms with E-state index >= 15 is 0 Å². The van der Waals surface area contributed by atoms with E-state index in [1.807, 2.05) is 16.9 Å². The summed E-state index contributed by atoms with van der Waals surface area (Å²) in [6.45, 7) is 0.716. The van der Waals surface area contributed by atoms with E-state index in [2.05, 4.69) is 0 Å². The minimum absolute atomic E-state index is 0.0291. The molecule has 1 aliphatic rings. The molecule has 26 heavy (non-hydrogen) atoms. The van der Waals surface area contributed by atoms with E-state index in [-0.39, 0.29) is 10.8 Å². The van der Waals surface area contributed by atoms with Gasteiger partial charge in [-0.3, -0.25) is 9.59 Å². The van der Waals surface area contributed by atoms with Crippen LogP contribution in [0, 0.1) is 0 Å². The van der Waals surface area contributed by atoms with Crippen LogP contribution in [0.15, 0.2) is 65.6 Å². The Balaban J connectivity index is 1.64. The van der Waals surface area contributed by atoms with Crippen LogP contribution in [-0.2, 0) is 19.6 Å². The second-order valence-corrected chi connectivity index (χ2v) is 7.54. The quantitative estimate of drug-likeness (QED) is 0.819. The van der Waals surface area contributed by atoms with Crippen molar-refractivity contribution in [3.8, 4) is 0 Å². The minimum Gasteiger partial charge on any atom is -0.312 e. The molecule has 1 saturated heterocycles. The van der Waals surface area contributed by atoms with Crippen LogP contribution in [0.1, 0.15) is 18.4 Å². The molecule has 134 valence electrons. The van der Waals surface area contributed by atoms with E-state index in [1.165, 1.54) is 18.2 Å². The van der Waals surface area contributed by atoms with E-state index in [9.17, 15) is 18.0 Å². The Bertz CT molecular complexity index is 935. The van der Waals surface area contributed by atoms with Crippen molar-refractivity contribution in [2.45, 2.75) is 17.7 Å². The predicted octanol–water partition coefficient (Wildman–Crippen LogP) is 2.33. The highest BCUT2D eigenvalue weighted by atomic mass is 32.2. The van der Waals surface area contributed by atoms with Crippen LogP contribution in [0.2, 0.25) is 0 Å². The summed E-state index contributed by atoms with van der Waals surface area (Å²) in [5.74, 6) is -0.619. The van der Waals surface area contributed by atoms with Gasteiger partial charge in [0, 0.05) is 24.7 Å². The summed E-state index contributed by atoms with van der Waals surface area (Å²) >= 11 is 0. The molecule has 2 aromatic rings. The van der Waals surface area contributed by atoms with Gasteiger partial charge in [-0.05, 0) is 42.3 Å². The fraction of sp³-hybridized carbons (Fsp3) is 0.158. The van der Waals surface area contributed by atoms with Gasteiger partial charge in [0.15, 0.2) is 0 Å². The number of amides is 2. The Kier molecular flexibility index (Phi) is 5.18. The van der Waals surface area contributed by atoms with Gasteiger partial charge in [-0.1, -0.05) is 30.3 Å². The Morgan fingerprint density at radius 1 is 1.04 bits per heavy atom. The maximum atomic E-state index is 12.1. The molecule has 2 aromatic carbocycles. The van der Waals surface area contributed by atoms with Crippen LogP contribution >= 0.6 is 0 Å². The summed E-state index contributed by atoms with van der Waals surface area (Å²) in [5, 5.41) is 0. The van der Waals surface area contributed by atoms with Gasteiger partial charge in [-0.15, -0.1) is 0 Å². The standard InChI is InChI=1S/C19H18N2O4S/c22-18(20-26(24,25)17-5-2-1-3-6-17)13-10-15-8-11-16(12-9-15)21-14-4-7-19(21)23/h1-3,5-6,8-13H,4,7,14H2,(H,20,22)/b13-10+. The van der Waals surface area contributed by atoms with E-state index in [4.69, 9.17) is 0 Å². The molecule has 0 saturated carbocycles. The number of nitrogens with zero attached hydrogens (tertiary/aromatic N) is 1. The number of hydrogen-bond acceptors (Lipinski definition) is 4. The lowest BCUT2D eigenvalue weighted by Crippen LogP contribution is -2.28. The van der Waals surface area contributed by atoms with Gasteiger partial charge in [0.2, 0.25) is 5.91 Å². The first kappa shape index (κ1) is 17.9. The van der Waals surface area contributed by atoms with Crippen molar-refractivity contribution in [3.63, 3.8) is 0 Å². The van der Waals surface area contributed by atoms with Gasteiger partial charge in [0.25, 0.3) is 15.9 Å². The molecule has 6 nitrogen and oxygen atoms in total. The largest absolute Gasteiger partial charge is 0.312 e. The third-order valence-electron chi connectivity index (χ3n) is 3.99. The highest BCUT2D eigenvalue weighted by Gasteiger charge is 2.21. The molecule has 0 spiro atoms. The topological polar surface area (TPSA) is 83.6 Å². The maximum absolute atomic E-state index is 12.1. The Morgan fingerprint density at radius 3 is 2.35 bits per heavy atom. The summed E-state index contributed by atoms with van der Waals surface area (Å²) in [6, 6.07) is 14.9. The first-order valence-electron chi connectivity index (χ1n) is 8.16. The van der Waals surface area contributed by atoms with Crippen molar-refractivity contribution >= 4 is 33.6 Å². The SMILES string of the molecule is O=C(/C=C/c1ccc(N2CCCC2=O)cc1)NS(=O)(=O)c1ccccc1. The smallest absolute Gasteiger partial charge is 0.264 e. The van der Waals surface area contributed by atoms with Gasteiger partial charge in [-0.2, -0.15) is 0 Å². The number of anilines is 1. The number of hydrogen-bond donors (Lipinski definition) is 1. The molecular formula is C19H18N2O4S. The summed E-state index contributed by atoms with van der Waals surface area (Å²) in [7, 11) is -3.88. The van der Waals surface area contributed by atoms with Crippen LogP contribution in [0.4, 0.5) is 5.69 Å². The fourth-order valence-electron chi connectivity index (χ4n) is 2.68. The summed E-state index contributed by atoms with van der Waals surface area (Å²) in [6.07, 6.45) is 4.11. The molecule has 1 N–H and O–H groups in total. The molecule has 1 aliphatic heterocycles. The monoisotopic (exact) mass is 370 g/mol. The van der Waals surface area contributed by atoms with Crippen molar-refractivity contribution in [2.75, 3.05) is 11.4 Å². The van der Waals surface area contributed by atoms with E-state index < -0.39 is 15.9 Å². The molecule has 0 aromatic heterocycles. The highest BCUT2D eigenvalue weighted by Crippen LogP contribution is 2.21. The van der Waals surface area contributed by atoms with Gasteiger partial charge in [0.1, 0.15) is 0 Å². The third-order valence-corrected chi connectivity index (χ3v) is 5.36. The number of nitrogens with one attached hydrogen (secondary N) is 1. The van der Waals surface area contributed by atoms with Crippen LogP contribution in [0.3, 0.4) is 0 Å². The van der Waals surface area contributed by atoms with E-state index in [1.54, 1.807) is 35.2 Å². The lowest BCUT2D eigenvalue weighted by Gasteiger charge is -2.15. The summed E-state index contributed by atoms with van der Waals surface area (Å²) in [5.41, 5.74) is 1.55. The Hall–Kier alpha value is -2.93. The van der Waals surface area contributed by atoms with Gasteiger partial charge in [-0.25, -0.2) is 13.1 Å². The first-order valence-corrected chi connectivity index (χ1v) is 9.64. The summed E-state index contributed by atoms with van der Waals surface area (Å²) in [4.78, 5) is 25.4. The molecule has 7 heteroatoms. The Morgan fingerprint density at radius 2 is 1.73 bits per heavy atom. The lowest BCUT2D eigenvalue weighted by molar-refractivity contribution is -0.117. The zero-order chi connectivity index (χ0) is 18.6. The second-order valence-electron chi connectivity index (χ2n) is 5.86. The van der Waals surface area contributed by atoms with E-state index in [0.29, 0.717) is 13.0 Å². The van der Waals surface area contributed by atoms with Crippen molar-refractivity contribution in [1.82, 2.24) is 4.72 Å². The fourth-order valence-corrected chi connectivity index (χ4v) is 3.65. The van der Waals surface area contributed by atoms with Crippen molar-refractivity contribution < 1.29 is 18.0 Å². The molecule has 0 radical (unpaired) electrons. The van der Waals surface area contributed by atoms with Crippen LogP contribution in [-0.4, -0.2) is 26.8 Å². The number of benzene rings is 2. The molecule has 3 rings (SSSR count). The zero-order valence-corrected chi connectivity index (χ0v) is 14.8. The second kappa shape index (κ2) is 7.53. The van der Waals surface area contributed by atoms with Gasteiger partial charge >= 0.3 is 0 Å². The van der Waals surface area contributed by atoms with Gasteiger partial charge < -0.3 is 4.90 Å². The molecule has 0 aliphatic carbocycles. The molecule has 0 atom stereocenters. The van der Waals surface area contributed by atoms with Gasteiger partial charge in [0.05, 0.1) is 4.90 Å². The summed E-state index contributed by atoms with van der Waals surface area (Å²) < 4.78 is 26.1. The molecule has 1 heterocycles. The van der Waals surface area contributed by atoms with Crippen molar-refractivity contribution in [2.24, 2.45) is 0 Å². The number of carbonyl (C=O) groups excluding carboxylic acids is 2. The minimum atomic E-state index is -3.88. The lowest BCUT2D eigenvalue weighted by atomic mass is 10.2. The number of carbonyl (C=O) groups is 2. The third kappa shape index (κ3) is 4.18. The molecule has 0 unspecified atom stereocenters. The predicted molar refractivity (Wildman–Crippen MR) is 98.8 cm³/mol. The normalized spacial score (nSPS) is 14.8. The number of sulfonamides is 1. The van der Waals surface area contributed by atoms with E-state index in [0.717, 1.165) is 23.7 Å². The molecule has 0 bridgehead atoms. The van der Waals surface area contributed by atoms with Crippen LogP contribution in [0.25, 0.3) is 6.08 Å². The Labute approximate surface area is 152 Å². The van der Waals surface area contributed by atoms with Crippen molar-refractivity contribution in [3.05, 3.63) is 66.2 Å². The number of rotatable bonds is 5.